The highest BCUT2D eigenvalue weighted by molar-refractivity contribution is 6.31. The summed E-state index contributed by atoms with van der Waals surface area (Å²) in [5, 5.41) is 3.13. The van der Waals surface area contributed by atoms with Gasteiger partial charge in [-0.2, -0.15) is 0 Å². The molecule has 7 heteroatoms. The number of imide groups is 2. The standard InChI is InChI=1S/C24H23N3O4/c1-3-27-23(29)19(22(28)25-24(27)30)14-17-15-26(20-10-6-5-9-18(17)20)12-13-31-21-11-7-4-8-16(21)2/h4-11,14-15H,3,12-13H2,1-2H3,(H,25,28,30). The van der Waals surface area contributed by atoms with E-state index in [1.807, 2.05) is 66.2 Å². The number of ether oxygens (including phenoxy) is 1. The lowest BCUT2D eigenvalue weighted by Crippen LogP contribution is -2.53. The maximum absolute atomic E-state index is 12.6. The van der Waals surface area contributed by atoms with Crippen LogP contribution in [0.4, 0.5) is 4.79 Å². The van der Waals surface area contributed by atoms with Gasteiger partial charge in [-0.1, -0.05) is 36.4 Å². The highest BCUT2D eigenvalue weighted by Gasteiger charge is 2.34. The molecule has 0 bridgehead atoms. The average Bonchev–Trinajstić information content (AvgIpc) is 3.10. The van der Waals surface area contributed by atoms with Crippen LogP contribution in [0.5, 0.6) is 5.75 Å². The molecule has 1 fully saturated rings. The summed E-state index contributed by atoms with van der Waals surface area (Å²) in [5.41, 5.74) is 2.72. The number of hydrogen-bond acceptors (Lipinski definition) is 4. The predicted molar refractivity (Wildman–Crippen MR) is 118 cm³/mol. The van der Waals surface area contributed by atoms with Gasteiger partial charge in [0.05, 0.1) is 6.54 Å². The highest BCUT2D eigenvalue weighted by Crippen LogP contribution is 2.25. The van der Waals surface area contributed by atoms with Crippen molar-refractivity contribution in [1.82, 2.24) is 14.8 Å². The first-order valence-electron chi connectivity index (χ1n) is 10.1. The van der Waals surface area contributed by atoms with Crippen LogP contribution in [0.15, 0.2) is 60.3 Å². The van der Waals surface area contributed by atoms with Crippen molar-refractivity contribution in [2.75, 3.05) is 13.2 Å². The van der Waals surface area contributed by atoms with Crippen LogP contribution in [-0.4, -0.2) is 40.5 Å². The summed E-state index contributed by atoms with van der Waals surface area (Å²) >= 11 is 0. The van der Waals surface area contributed by atoms with E-state index in [1.165, 1.54) is 0 Å². The monoisotopic (exact) mass is 417 g/mol. The zero-order chi connectivity index (χ0) is 22.0. The molecule has 1 aliphatic rings. The number of nitrogens with one attached hydrogen (secondary N) is 1. The Hall–Kier alpha value is -3.87. The molecule has 7 nitrogen and oxygen atoms in total. The number of urea groups is 1. The summed E-state index contributed by atoms with van der Waals surface area (Å²) in [6.45, 7) is 4.94. The van der Waals surface area contributed by atoms with Gasteiger partial charge in [-0.25, -0.2) is 4.79 Å². The number of nitrogens with zero attached hydrogens (tertiary/aromatic N) is 2. The molecule has 1 N–H and O–H groups in total. The molecule has 0 spiro atoms. The van der Waals surface area contributed by atoms with Crippen LogP contribution in [0.3, 0.4) is 0 Å². The number of hydrogen-bond donors (Lipinski definition) is 1. The molecule has 1 aromatic heterocycles. The maximum Gasteiger partial charge on any atom is 0.331 e. The number of carbonyl (C=O) groups is 3. The topological polar surface area (TPSA) is 80.6 Å². The molecule has 158 valence electrons. The van der Waals surface area contributed by atoms with E-state index in [0.29, 0.717) is 13.2 Å². The second-order valence-electron chi connectivity index (χ2n) is 7.28. The van der Waals surface area contributed by atoms with Crippen LogP contribution >= 0.6 is 0 Å². The second-order valence-corrected chi connectivity index (χ2v) is 7.28. The molecule has 0 aliphatic carbocycles. The Labute approximate surface area is 179 Å². The molecule has 31 heavy (non-hydrogen) atoms. The van der Waals surface area contributed by atoms with Gasteiger partial charge in [-0.15, -0.1) is 0 Å². The van der Waals surface area contributed by atoms with Gasteiger partial charge in [0.1, 0.15) is 17.9 Å². The van der Waals surface area contributed by atoms with E-state index < -0.39 is 17.8 Å². The number of rotatable bonds is 6. The first-order valence-corrected chi connectivity index (χ1v) is 10.1. The van der Waals surface area contributed by atoms with Crippen molar-refractivity contribution in [3.8, 4) is 5.75 Å². The zero-order valence-corrected chi connectivity index (χ0v) is 17.4. The van der Waals surface area contributed by atoms with Gasteiger partial charge in [0, 0.05) is 29.2 Å². The highest BCUT2D eigenvalue weighted by atomic mass is 16.5. The molecule has 2 aromatic carbocycles. The van der Waals surface area contributed by atoms with Crippen LogP contribution in [-0.2, 0) is 16.1 Å². The Morgan fingerprint density at radius 3 is 2.55 bits per heavy atom. The first kappa shape index (κ1) is 20.4. The van der Waals surface area contributed by atoms with Gasteiger partial charge >= 0.3 is 6.03 Å². The minimum Gasteiger partial charge on any atom is -0.491 e. The van der Waals surface area contributed by atoms with Gasteiger partial charge in [0.25, 0.3) is 11.8 Å². The number of aromatic nitrogens is 1. The Kier molecular flexibility index (Phi) is 5.58. The average molecular weight is 417 g/mol. The lowest BCUT2D eigenvalue weighted by atomic mass is 10.1. The van der Waals surface area contributed by atoms with Gasteiger partial charge in [0.2, 0.25) is 0 Å². The number of likely N-dealkylation sites (N-methyl/N-ethyl adjacent to an activating group) is 1. The molecule has 4 amide bonds. The smallest absolute Gasteiger partial charge is 0.331 e. The molecule has 1 saturated heterocycles. The van der Waals surface area contributed by atoms with Gasteiger partial charge < -0.3 is 9.30 Å². The van der Waals surface area contributed by atoms with Crippen molar-refractivity contribution in [2.24, 2.45) is 0 Å². The minimum atomic E-state index is -0.689. The predicted octanol–water partition coefficient (Wildman–Crippen LogP) is 3.51. The summed E-state index contributed by atoms with van der Waals surface area (Å²) in [6, 6.07) is 14.9. The number of amides is 4. The fourth-order valence-electron chi connectivity index (χ4n) is 3.68. The number of carbonyl (C=O) groups excluding carboxylic acids is 3. The summed E-state index contributed by atoms with van der Waals surface area (Å²) in [5.74, 6) is -0.425. The third-order valence-corrected chi connectivity index (χ3v) is 5.30. The Morgan fingerprint density at radius 2 is 1.77 bits per heavy atom. The molecule has 0 radical (unpaired) electrons. The molecular weight excluding hydrogens is 394 g/mol. The van der Waals surface area contributed by atoms with E-state index in [-0.39, 0.29) is 12.1 Å². The number of aryl methyl sites for hydroxylation is 1. The van der Waals surface area contributed by atoms with Gasteiger partial charge in [0.15, 0.2) is 0 Å². The molecule has 0 saturated carbocycles. The lowest BCUT2D eigenvalue weighted by Gasteiger charge is -2.24. The summed E-state index contributed by atoms with van der Waals surface area (Å²) in [4.78, 5) is 37.8. The summed E-state index contributed by atoms with van der Waals surface area (Å²) in [7, 11) is 0. The van der Waals surface area contributed by atoms with Crippen LogP contribution < -0.4 is 10.1 Å². The molecule has 0 atom stereocenters. The SMILES string of the molecule is CCN1C(=O)NC(=O)C(=Cc2cn(CCOc3ccccc3C)c3ccccc23)C1=O. The van der Waals surface area contributed by atoms with Crippen LogP contribution in [0.1, 0.15) is 18.1 Å². The quantitative estimate of drug-likeness (QED) is 0.492. The molecule has 1 aliphatic heterocycles. The largest absolute Gasteiger partial charge is 0.491 e. The summed E-state index contributed by atoms with van der Waals surface area (Å²) in [6.07, 6.45) is 3.44. The number of fused-ring (bicyclic) bond motifs is 1. The lowest BCUT2D eigenvalue weighted by molar-refractivity contribution is -0.129. The molecule has 2 heterocycles. The minimum absolute atomic E-state index is 0.0551. The van der Waals surface area contributed by atoms with Crippen LogP contribution in [0.2, 0.25) is 0 Å². The summed E-state index contributed by atoms with van der Waals surface area (Å²) < 4.78 is 7.96. The van der Waals surface area contributed by atoms with E-state index in [9.17, 15) is 14.4 Å². The third-order valence-electron chi connectivity index (χ3n) is 5.30. The molecule has 4 rings (SSSR count). The first-order chi connectivity index (χ1) is 15.0. The maximum atomic E-state index is 12.6. The zero-order valence-electron chi connectivity index (χ0n) is 17.4. The van der Waals surface area contributed by atoms with Gasteiger partial charge in [-0.3, -0.25) is 19.8 Å². The van der Waals surface area contributed by atoms with Crippen molar-refractivity contribution in [2.45, 2.75) is 20.4 Å². The van der Waals surface area contributed by atoms with Crippen molar-refractivity contribution < 1.29 is 19.1 Å². The number of benzene rings is 2. The number of para-hydroxylation sites is 2. The van der Waals surface area contributed by atoms with Crippen molar-refractivity contribution in [3.63, 3.8) is 0 Å². The van der Waals surface area contributed by atoms with E-state index in [4.69, 9.17) is 4.74 Å². The normalized spacial score (nSPS) is 15.6. The third kappa shape index (κ3) is 3.94. The Balaban J connectivity index is 1.63. The van der Waals surface area contributed by atoms with Crippen molar-refractivity contribution in [1.29, 1.82) is 0 Å². The fraction of sp³-hybridized carbons (Fsp3) is 0.208. The van der Waals surface area contributed by atoms with E-state index in [1.54, 1.807) is 13.0 Å². The van der Waals surface area contributed by atoms with Gasteiger partial charge in [-0.05, 0) is 37.6 Å². The Morgan fingerprint density at radius 1 is 1.03 bits per heavy atom. The fourth-order valence-corrected chi connectivity index (χ4v) is 3.68. The van der Waals surface area contributed by atoms with Crippen LogP contribution in [0, 0.1) is 6.92 Å². The van der Waals surface area contributed by atoms with E-state index in [0.717, 1.165) is 32.7 Å². The Bertz CT molecular complexity index is 1210. The van der Waals surface area contributed by atoms with E-state index >= 15 is 0 Å². The van der Waals surface area contributed by atoms with Crippen molar-refractivity contribution >= 4 is 34.8 Å². The molecule has 3 aromatic rings. The number of barbiturate groups is 1. The van der Waals surface area contributed by atoms with E-state index in [2.05, 4.69) is 5.32 Å². The van der Waals surface area contributed by atoms with Crippen molar-refractivity contribution in [3.05, 3.63) is 71.4 Å². The van der Waals surface area contributed by atoms with Crippen LogP contribution in [0.25, 0.3) is 17.0 Å². The molecular formula is C24H23N3O4. The molecule has 0 unspecified atom stereocenters. The second kappa shape index (κ2) is 8.47.